The molecule has 4 rings (SSSR count). The van der Waals surface area contributed by atoms with Crippen molar-refractivity contribution in [2.45, 2.75) is 43.0 Å². The van der Waals surface area contributed by atoms with Gasteiger partial charge in [0.15, 0.2) is 0 Å². The maximum atomic E-state index is 13.6. The number of carboxylic acids is 1. The summed E-state index contributed by atoms with van der Waals surface area (Å²) in [7, 11) is 0. The number of hydrazone groups is 1. The van der Waals surface area contributed by atoms with Crippen molar-refractivity contribution in [2.75, 3.05) is 18.1 Å². The molecule has 3 N–H and O–H groups in total. The van der Waals surface area contributed by atoms with Gasteiger partial charge >= 0.3 is 24.5 Å². The Morgan fingerprint density at radius 3 is 2.10 bits per heavy atom. The van der Waals surface area contributed by atoms with E-state index in [9.17, 15) is 44.6 Å². The lowest BCUT2D eigenvalue weighted by molar-refractivity contribution is -0.338. The molecule has 0 fully saturated rings. The van der Waals surface area contributed by atoms with Crippen molar-refractivity contribution in [3.05, 3.63) is 70.8 Å². The zero-order valence-corrected chi connectivity index (χ0v) is 21.3. The van der Waals surface area contributed by atoms with Gasteiger partial charge in [0.05, 0.1) is 22.5 Å². The number of aliphatic carboxylic acids is 1. The summed E-state index contributed by atoms with van der Waals surface area (Å²) in [5, 5.41) is 25.1. The van der Waals surface area contributed by atoms with E-state index in [1.807, 2.05) is 12.1 Å². The van der Waals surface area contributed by atoms with Gasteiger partial charge in [0, 0.05) is 13.0 Å². The lowest BCUT2D eigenvalue weighted by Crippen LogP contribution is -2.62. The molecule has 0 aromatic heterocycles. The van der Waals surface area contributed by atoms with E-state index in [-0.39, 0.29) is 10.7 Å². The number of nitrogens with zero attached hydrogens (tertiary/aromatic N) is 2. The van der Waals surface area contributed by atoms with E-state index in [1.165, 1.54) is 12.1 Å². The summed E-state index contributed by atoms with van der Waals surface area (Å²) in [6.45, 7) is 1.41. The van der Waals surface area contributed by atoms with Crippen molar-refractivity contribution in [1.82, 2.24) is 5.32 Å². The molecule has 2 aromatic carbocycles. The summed E-state index contributed by atoms with van der Waals surface area (Å²) in [4.78, 5) is 8.90. The van der Waals surface area contributed by atoms with Crippen LogP contribution in [-0.4, -0.2) is 59.1 Å². The Balaban J connectivity index is 0.000000587. The quantitative estimate of drug-likeness (QED) is 0.341. The van der Waals surface area contributed by atoms with Gasteiger partial charge in [-0.1, -0.05) is 48.0 Å². The van der Waals surface area contributed by atoms with Crippen LogP contribution in [0.5, 0.6) is 0 Å². The second kappa shape index (κ2) is 11.9. The number of hydrogen-bond donors (Lipinski definition) is 3. The Kier molecular flexibility index (Phi) is 9.35. The number of carbonyl (C=O) groups is 1. The average molecular weight is 618 g/mol. The summed E-state index contributed by atoms with van der Waals surface area (Å²) in [5.41, 5.74) is -4.13. The number of aliphatic hydroxyl groups is 1. The fourth-order valence-electron chi connectivity index (χ4n) is 4.17. The highest BCUT2D eigenvalue weighted by Crippen LogP contribution is 2.49. The maximum Gasteiger partial charge on any atom is 0.490 e. The number of anilines is 1. The second-order valence-corrected chi connectivity index (χ2v) is 9.29. The molecule has 41 heavy (non-hydrogen) atoms. The standard InChI is InChI=1S/C23H20ClF6N3O.C2HF3O2/c24-17-6-1-2-7-18(17)33-19(13-20(32-33)21(34,22(25,26)27)23(28,29)30)16-5-3-4-15(12-16)14-8-10-31-11-9-14;3-2(4,5)1(6)7/h1-8,12,19,31,34H,9-11,13H2;(H,6,7). The van der Waals surface area contributed by atoms with Gasteiger partial charge in [0.2, 0.25) is 0 Å². The number of alkyl halides is 9. The number of para-hydroxylation sites is 1. The van der Waals surface area contributed by atoms with Crippen LogP contribution in [-0.2, 0) is 4.79 Å². The Labute approximate surface area is 231 Å². The van der Waals surface area contributed by atoms with Crippen LogP contribution in [0.15, 0.2) is 59.7 Å². The molecule has 224 valence electrons. The fourth-order valence-corrected chi connectivity index (χ4v) is 4.39. The highest BCUT2D eigenvalue weighted by molar-refractivity contribution is 6.33. The highest BCUT2D eigenvalue weighted by atomic mass is 35.5. The van der Waals surface area contributed by atoms with Crippen LogP contribution < -0.4 is 10.3 Å². The third-order valence-corrected chi connectivity index (χ3v) is 6.52. The van der Waals surface area contributed by atoms with Crippen molar-refractivity contribution >= 4 is 34.5 Å². The molecule has 0 bridgehead atoms. The first-order valence-electron chi connectivity index (χ1n) is 11.7. The number of benzene rings is 2. The van der Waals surface area contributed by atoms with Crippen LogP contribution in [0.4, 0.5) is 45.2 Å². The zero-order chi connectivity index (χ0) is 30.8. The fraction of sp³-hybridized carbons (Fsp3) is 0.360. The summed E-state index contributed by atoms with van der Waals surface area (Å²) >= 11 is 6.22. The summed E-state index contributed by atoms with van der Waals surface area (Å²) in [5.74, 6) is -2.76. The van der Waals surface area contributed by atoms with Gasteiger partial charge in [-0.3, -0.25) is 5.01 Å². The lowest BCUT2D eigenvalue weighted by Gasteiger charge is -2.32. The minimum Gasteiger partial charge on any atom is -0.475 e. The van der Waals surface area contributed by atoms with Gasteiger partial charge < -0.3 is 15.5 Å². The Bertz CT molecular complexity index is 1310. The molecule has 0 spiro atoms. The molecule has 2 aliphatic rings. The first-order valence-corrected chi connectivity index (χ1v) is 12.0. The van der Waals surface area contributed by atoms with Gasteiger partial charge in [-0.25, -0.2) is 4.79 Å². The molecule has 1 atom stereocenters. The molecule has 6 nitrogen and oxygen atoms in total. The topological polar surface area (TPSA) is 85.2 Å². The molecule has 0 aliphatic carbocycles. The summed E-state index contributed by atoms with van der Waals surface area (Å²) < 4.78 is 113. The smallest absolute Gasteiger partial charge is 0.475 e. The van der Waals surface area contributed by atoms with Crippen LogP contribution in [0.1, 0.15) is 30.0 Å². The third-order valence-electron chi connectivity index (χ3n) is 6.20. The first-order chi connectivity index (χ1) is 18.9. The number of rotatable bonds is 4. The molecule has 0 radical (unpaired) electrons. The van der Waals surface area contributed by atoms with Crippen LogP contribution in [0.25, 0.3) is 5.57 Å². The molecule has 0 saturated heterocycles. The van der Waals surface area contributed by atoms with E-state index in [0.29, 0.717) is 12.1 Å². The molecule has 0 saturated carbocycles. The second-order valence-electron chi connectivity index (χ2n) is 8.88. The predicted octanol–water partition coefficient (Wildman–Crippen LogP) is 6.51. The first kappa shape index (κ1) is 32.2. The molecular weight excluding hydrogens is 597 g/mol. The van der Waals surface area contributed by atoms with E-state index >= 15 is 0 Å². The van der Waals surface area contributed by atoms with Crippen LogP contribution in [0.3, 0.4) is 0 Å². The minimum atomic E-state index is -6.02. The van der Waals surface area contributed by atoms with E-state index in [0.717, 1.165) is 29.1 Å². The van der Waals surface area contributed by atoms with Crippen molar-refractivity contribution in [3.8, 4) is 0 Å². The molecule has 16 heteroatoms. The van der Waals surface area contributed by atoms with E-state index in [1.54, 1.807) is 30.3 Å². The van der Waals surface area contributed by atoms with Crippen molar-refractivity contribution in [2.24, 2.45) is 5.10 Å². The Morgan fingerprint density at radius 1 is 0.976 bits per heavy atom. The largest absolute Gasteiger partial charge is 0.490 e. The minimum absolute atomic E-state index is 0.0947. The van der Waals surface area contributed by atoms with Crippen molar-refractivity contribution in [3.63, 3.8) is 0 Å². The Morgan fingerprint density at radius 2 is 1.59 bits per heavy atom. The summed E-state index contributed by atoms with van der Waals surface area (Å²) in [6.07, 6.45) is -15.2. The molecular formula is C25H21ClF9N3O3. The number of carboxylic acid groups (broad SMARTS) is 1. The zero-order valence-electron chi connectivity index (χ0n) is 20.6. The average Bonchev–Trinajstić information content (AvgIpc) is 3.33. The van der Waals surface area contributed by atoms with Gasteiger partial charge in [-0.05, 0) is 47.9 Å². The molecule has 0 amide bonds. The third kappa shape index (κ3) is 6.96. The monoisotopic (exact) mass is 617 g/mol. The Hall–Kier alpha value is -3.30. The summed E-state index contributed by atoms with van der Waals surface area (Å²) in [6, 6.07) is 11.8. The van der Waals surface area contributed by atoms with E-state index < -0.39 is 48.3 Å². The SMILES string of the molecule is O=C(O)C(F)(F)F.OC(C1=NN(c2ccccc2Cl)C(c2cccc(C3=CCNCC3)c2)C1)(C(F)(F)F)C(F)(F)F. The molecule has 2 heterocycles. The molecule has 2 aliphatic heterocycles. The van der Waals surface area contributed by atoms with Crippen molar-refractivity contribution < 1.29 is 54.5 Å². The van der Waals surface area contributed by atoms with Gasteiger partial charge in [0.1, 0.15) is 0 Å². The van der Waals surface area contributed by atoms with Crippen molar-refractivity contribution in [1.29, 1.82) is 0 Å². The highest BCUT2D eigenvalue weighted by Gasteiger charge is 2.74. The number of hydrogen-bond acceptors (Lipinski definition) is 5. The molecule has 1 unspecified atom stereocenters. The van der Waals surface area contributed by atoms with Gasteiger partial charge in [-0.15, -0.1) is 0 Å². The van der Waals surface area contributed by atoms with E-state index in [2.05, 4.69) is 10.4 Å². The lowest BCUT2D eigenvalue weighted by atomic mass is 9.88. The predicted molar refractivity (Wildman–Crippen MR) is 131 cm³/mol. The number of nitrogens with one attached hydrogen (secondary N) is 1. The van der Waals surface area contributed by atoms with Gasteiger partial charge in [-0.2, -0.15) is 44.6 Å². The molecule has 2 aromatic rings. The maximum absolute atomic E-state index is 13.6. The normalized spacial score (nSPS) is 18.3. The van der Waals surface area contributed by atoms with Gasteiger partial charge in [0.25, 0.3) is 5.60 Å². The van der Waals surface area contributed by atoms with E-state index in [4.69, 9.17) is 21.5 Å². The number of halogens is 10. The van der Waals surface area contributed by atoms with Crippen LogP contribution in [0.2, 0.25) is 5.02 Å². The van der Waals surface area contributed by atoms with Crippen LogP contribution >= 0.6 is 11.6 Å². The van der Waals surface area contributed by atoms with Crippen LogP contribution in [0, 0.1) is 0 Å².